The van der Waals surface area contributed by atoms with E-state index >= 15 is 0 Å². The summed E-state index contributed by atoms with van der Waals surface area (Å²) in [5.41, 5.74) is 13.2. The molecule has 0 aliphatic rings. The number of nitrogens with two attached hydrogens (primary N) is 2. The standard InChI is InChI=1S/C16H17ClN6O3/c1-25-12-6-11(18)10(17)5-9(12)16(24)26-4-2-3-23-8-22-13-14(19)20-7-21-15(13)23/h5-8H,2-4,18H2,1H3,(H2,19,20,21). The van der Waals surface area contributed by atoms with E-state index in [4.69, 9.17) is 32.5 Å². The van der Waals surface area contributed by atoms with Gasteiger partial charge in [-0.2, -0.15) is 0 Å². The monoisotopic (exact) mass is 376 g/mol. The molecule has 0 radical (unpaired) electrons. The van der Waals surface area contributed by atoms with Crippen molar-refractivity contribution < 1.29 is 14.3 Å². The Morgan fingerprint density at radius 1 is 1.27 bits per heavy atom. The summed E-state index contributed by atoms with van der Waals surface area (Å²) < 4.78 is 12.3. The van der Waals surface area contributed by atoms with E-state index in [-0.39, 0.29) is 17.2 Å². The van der Waals surface area contributed by atoms with E-state index in [0.29, 0.717) is 41.4 Å². The Morgan fingerprint density at radius 2 is 2.08 bits per heavy atom. The molecule has 2 aromatic heterocycles. The van der Waals surface area contributed by atoms with Crippen LogP contribution in [0.2, 0.25) is 5.02 Å². The minimum absolute atomic E-state index is 0.199. The van der Waals surface area contributed by atoms with Crippen molar-refractivity contribution in [2.45, 2.75) is 13.0 Å². The molecule has 4 N–H and O–H groups in total. The van der Waals surface area contributed by atoms with E-state index < -0.39 is 5.97 Å². The summed E-state index contributed by atoms with van der Waals surface area (Å²) in [6.07, 6.45) is 3.57. The van der Waals surface area contributed by atoms with Gasteiger partial charge in [-0.25, -0.2) is 19.7 Å². The molecule has 0 saturated heterocycles. The maximum Gasteiger partial charge on any atom is 0.341 e. The summed E-state index contributed by atoms with van der Waals surface area (Å²) in [6, 6.07) is 2.92. The normalized spacial score (nSPS) is 10.8. The van der Waals surface area contributed by atoms with Crippen molar-refractivity contribution >= 4 is 40.2 Å². The molecule has 0 fully saturated rings. The highest BCUT2D eigenvalue weighted by atomic mass is 35.5. The summed E-state index contributed by atoms with van der Waals surface area (Å²) in [7, 11) is 1.44. The van der Waals surface area contributed by atoms with E-state index in [9.17, 15) is 4.79 Å². The molecule has 0 atom stereocenters. The first-order valence-corrected chi connectivity index (χ1v) is 8.10. The number of benzene rings is 1. The van der Waals surface area contributed by atoms with Gasteiger partial charge >= 0.3 is 5.97 Å². The molecule has 0 saturated carbocycles. The summed E-state index contributed by atoms with van der Waals surface area (Å²) in [6.45, 7) is 0.754. The van der Waals surface area contributed by atoms with Gasteiger partial charge in [-0.1, -0.05) is 11.6 Å². The minimum Gasteiger partial charge on any atom is -0.496 e. The van der Waals surface area contributed by atoms with E-state index in [1.54, 1.807) is 6.33 Å². The highest BCUT2D eigenvalue weighted by Crippen LogP contribution is 2.29. The lowest BCUT2D eigenvalue weighted by atomic mass is 10.2. The molecule has 0 amide bonds. The summed E-state index contributed by atoms with van der Waals surface area (Å²) in [5, 5.41) is 0.264. The van der Waals surface area contributed by atoms with Crippen LogP contribution in [0.3, 0.4) is 0 Å². The minimum atomic E-state index is -0.536. The second-order valence-corrected chi connectivity index (χ2v) is 5.84. The smallest absolute Gasteiger partial charge is 0.341 e. The van der Waals surface area contributed by atoms with Crippen LogP contribution in [0.25, 0.3) is 11.2 Å². The molecule has 0 unspecified atom stereocenters. The second-order valence-electron chi connectivity index (χ2n) is 5.43. The third kappa shape index (κ3) is 3.47. The van der Waals surface area contributed by atoms with Crippen molar-refractivity contribution in [2.75, 3.05) is 25.2 Å². The van der Waals surface area contributed by atoms with Crippen LogP contribution in [0.15, 0.2) is 24.8 Å². The Balaban J connectivity index is 1.60. The molecule has 9 nitrogen and oxygen atoms in total. The van der Waals surface area contributed by atoms with Crippen LogP contribution in [0.5, 0.6) is 5.75 Å². The van der Waals surface area contributed by atoms with Crippen LogP contribution in [0.1, 0.15) is 16.8 Å². The van der Waals surface area contributed by atoms with Crippen LogP contribution in [-0.2, 0) is 11.3 Å². The Bertz CT molecular complexity index is 959. The average Bonchev–Trinajstić information content (AvgIpc) is 3.05. The number of halogens is 1. The third-order valence-corrected chi connectivity index (χ3v) is 4.07. The van der Waals surface area contributed by atoms with Crippen molar-refractivity contribution in [1.82, 2.24) is 19.5 Å². The van der Waals surface area contributed by atoms with Crippen LogP contribution in [-0.4, -0.2) is 39.2 Å². The lowest BCUT2D eigenvalue weighted by Gasteiger charge is -2.11. The molecule has 3 rings (SSSR count). The van der Waals surface area contributed by atoms with Gasteiger partial charge in [-0.3, -0.25) is 0 Å². The lowest BCUT2D eigenvalue weighted by Crippen LogP contribution is -2.10. The number of nitrogens with zero attached hydrogens (tertiary/aromatic N) is 4. The Labute approximate surface area is 153 Å². The SMILES string of the molecule is COc1cc(N)c(Cl)cc1C(=O)OCCCn1cnc2c(N)ncnc21. The van der Waals surface area contributed by atoms with E-state index in [1.807, 2.05) is 4.57 Å². The van der Waals surface area contributed by atoms with Crippen molar-refractivity contribution in [3.63, 3.8) is 0 Å². The molecule has 0 bridgehead atoms. The largest absolute Gasteiger partial charge is 0.496 e. The third-order valence-electron chi connectivity index (χ3n) is 3.74. The molecule has 10 heteroatoms. The molecule has 0 spiro atoms. The van der Waals surface area contributed by atoms with Gasteiger partial charge in [0.2, 0.25) is 0 Å². The Hall–Kier alpha value is -3.07. The predicted octanol–water partition coefficient (Wildman–Crippen LogP) is 1.90. The molecule has 3 aromatic rings. The van der Waals surface area contributed by atoms with E-state index in [2.05, 4.69) is 15.0 Å². The number of hydrogen-bond donors (Lipinski definition) is 2. The number of carbonyl (C=O) groups excluding carboxylic acids is 1. The zero-order valence-electron chi connectivity index (χ0n) is 14.0. The second kappa shape index (κ2) is 7.44. The first-order chi connectivity index (χ1) is 12.5. The average molecular weight is 377 g/mol. The molecule has 26 heavy (non-hydrogen) atoms. The molecular formula is C16H17ClN6O3. The fourth-order valence-electron chi connectivity index (χ4n) is 2.44. The lowest BCUT2D eigenvalue weighted by molar-refractivity contribution is 0.0492. The number of methoxy groups -OCH3 is 1. The van der Waals surface area contributed by atoms with Gasteiger partial charge in [0.25, 0.3) is 0 Å². The van der Waals surface area contributed by atoms with Gasteiger partial charge in [0.05, 0.1) is 30.8 Å². The number of ether oxygens (including phenoxy) is 2. The highest BCUT2D eigenvalue weighted by molar-refractivity contribution is 6.33. The van der Waals surface area contributed by atoms with Crippen molar-refractivity contribution in [1.29, 1.82) is 0 Å². The van der Waals surface area contributed by atoms with Crippen LogP contribution < -0.4 is 16.2 Å². The van der Waals surface area contributed by atoms with Gasteiger partial charge in [0, 0.05) is 12.6 Å². The topological polar surface area (TPSA) is 131 Å². The first kappa shape index (κ1) is 17.7. The zero-order chi connectivity index (χ0) is 18.7. The maximum atomic E-state index is 12.2. The van der Waals surface area contributed by atoms with Crippen molar-refractivity contribution in [3.05, 3.63) is 35.4 Å². The fraction of sp³-hybridized carbons (Fsp3) is 0.250. The molecule has 1 aromatic carbocycles. The van der Waals surface area contributed by atoms with Gasteiger partial charge in [0.1, 0.15) is 23.2 Å². The number of imidazole rings is 1. The van der Waals surface area contributed by atoms with E-state index in [1.165, 1.54) is 25.6 Å². The number of esters is 1. The van der Waals surface area contributed by atoms with E-state index in [0.717, 1.165) is 0 Å². The van der Waals surface area contributed by atoms with Gasteiger partial charge < -0.3 is 25.5 Å². The zero-order valence-corrected chi connectivity index (χ0v) is 14.7. The summed E-state index contributed by atoms with van der Waals surface area (Å²) >= 11 is 5.96. The number of fused-ring (bicyclic) bond motifs is 1. The van der Waals surface area contributed by atoms with Gasteiger partial charge in [-0.05, 0) is 12.5 Å². The Kier molecular flexibility index (Phi) is 5.08. The number of aryl methyl sites for hydroxylation is 1. The molecule has 2 heterocycles. The van der Waals surface area contributed by atoms with Crippen molar-refractivity contribution in [2.24, 2.45) is 0 Å². The molecule has 136 valence electrons. The first-order valence-electron chi connectivity index (χ1n) is 7.72. The summed E-state index contributed by atoms with van der Waals surface area (Å²) in [4.78, 5) is 24.5. The quantitative estimate of drug-likeness (QED) is 0.379. The number of anilines is 2. The molecular weight excluding hydrogens is 360 g/mol. The number of rotatable bonds is 6. The Morgan fingerprint density at radius 3 is 2.85 bits per heavy atom. The highest BCUT2D eigenvalue weighted by Gasteiger charge is 2.16. The van der Waals surface area contributed by atoms with Crippen LogP contribution >= 0.6 is 11.6 Å². The van der Waals surface area contributed by atoms with Gasteiger partial charge in [-0.15, -0.1) is 0 Å². The summed E-state index contributed by atoms with van der Waals surface area (Å²) in [5.74, 6) is 0.1000. The molecule has 0 aliphatic heterocycles. The van der Waals surface area contributed by atoms with Crippen molar-refractivity contribution in [3.8, 4) is 5.75 Å². The predicted molar refractivity (Wildman–Crippen MR) is 97.1 cm³/mol. The number of hydrogen-bond acceptors (Lipinski definition) is 8. The van der Waals surface area contributed by atoms with Crippen LogP contribution in [0.4, 0.5) is 11.5 Å². The fourth-order valence-corrected chi connectivity index (χ4v) is 2.60. The maximum absolute atomic E-state index is 12.2. The molecule has 0 aliphatic carbocycles. The number of carbonyl (C=O) groups is 1. The van der Waals surface area contributed by atoms with Crippen LogP contribution in [0, 0.1) is 0 Å². The number of nitrogen functional groups attached to an aromatic ring is 2. The van der Waals surface area contributed by atoms with Gasteiger partial charge in [0.15, 0.2) is 11.5 Å². The number of aromatic nitrogens is 4.